The van der Waals surface area contributed by atoms with Crippen molar-refractivity contribution in [1.82, 2.24) is 10.2 Å². The van der Waals surface area contributed by atoms with Crippen LogP contribution in [-0.2, 0) is 16.4 Å². The monoisotopic (exact) mass is 353 g/mol. The van der Waals surface area contributed by atoms with Gasteiger partial charge in [0, 0.05) is 6.42 Å². The second-order valence-corrected chi connectivity index (χ2v) is 8.33. The Morgan fingerprint density at radius 1 is 1.04 bits per heavy atom. The van der Waals surface area contributed by atoms with Gasteiger partial charge in [-0.2, -0.15) is 0 Å². The highest BCUT2D eigenvalue weighted by molar-refractivity contribution is 7.93. The Morgan fingerprint density at radius 2 is 1.74 bits per heavy atom. The maximum absolute atomic E-state index is 12.3. The van der Waals surface area contributed by atoms with E-state index in [4.69, 9.17) is 0 Å². The Labute approximate surface area is 142 Å². The quantitative estimate of drug-likeness (QED) is 0.687. The summed E-state index contributed by atoms with van der Waals surface area (Å²) in [6.45, 7) is 4.11. The summed E-state index contributed by atoms with van der Waals surface area (Å²) in [5.74, 6) is 0. The topological polar surface area (TPSA) is 72.0 Å². The fourth-order valence-electron chi connectivity index (χ4n) is 2.17. The van der Waals surface area contributed by atoms with Crippen LogP contribution in [-0.4, -0.2) is 18.6 Å². The number of aromatic nitrogens is 2. The number of hydrogen-bond acceptors (Lipinski definition) is 5. The minimum absolute atomic E-state index is 0.236. The molecule has 0 aliphatic heterocycles. The van der Waals surface area contributed by atoms with Gasteiger partial charge in [-0.15, -0.1) is 10.2 Å². The molecule has 126 valence electrons. The summed E-state index contributed by atoms with van der Waals surface area (Å²) in [5, 5.41) is 9.21. The van der Waals surface area contributed by atoms with Crippen molar-refractivity contribution in [3.63, 3.8) is 0 Å². The first kappa shape index (κ1) is 17.9. The van der Waals surface area contributed by atoms with Crippen LogP contribution in [0.25, 0.3) is 0 Å². The molecule has 1 heterocycles. The van der Waals surface area contributed by atoms with Crippen LogP contribution in [0.15, 0.2) is 29.2 Å². The van der Waals surface area contributed by atoms with Crippen LogP contribution < -0.4 is 4.72 Å². The van der Waals surface area contributed by atoms with Gasteiger partial charge in [-0.05, 0) is 25.5 Å². The second-order valence-electron chi connectivity index (χ2n) is 5.58. The molecule has 0 saturated heterocycles. The normalized spacial score (nSPS) is 11.6. The molecule has 23 heavy (non-hydrogen) atoms. The van der Waals surface area contributed by atoms with Crippen molar-refractivity contribution >= 4 is 26.5 Å². The summed E-state index contributed by atoms with van der Waals surface area (Å²) in [5.41, 5.74) is 1.02. The van der Waals surface area contributed by atoms with Crippen molar-refractivity contribution in [1.29, 1.82) is 0 Å². The highest BCUT2D eigenvalue weighted by atomic mass is 32.2. The molecule has 0 atom stereocenters. The summed E-state index contributed by atoms with van der Waals surface area (Å²) in [4.78, 5) is 0.236. The number of anilines is 1. The molecule has 1 N–H and O–H groups in total. The molecule has 2 rings (SSSR count). The van der Waals surface area contributed by atoms with E-state index in [2.05, 4.69) is 21.8 Å². The number of nitrogens with one attached hydrogen (secondary N) is 1. The number of aryl methyl sites for hydroxylation is 2. The summed E-state index contributed by atoms with van der Waals surface area (Å²) >= 11 is 1.31. The standard InChI is InChI=1S/C16H23N3O2S2/c1-3-4-5-6-7-8-15-17-18-16(22-15)19-23(20,21)14-11-9-13(2)10-12-14/h9-12H,3-8H2,1-2H3,(H,18,19). The van der Waals surface area contributed by atoms with Gasteiger partial charge in [-0.25, -0.2) is 8.42 Å². The first-order valence-corrected chi connectivity index (χ1v) is 10.2. The van der Waals surface area contributed by atoms with E-state index < -0.39 is 10.0 Å². The zero-order chi connectivity index (χ0) is 16.7. The van der Waals surface area contributed by atoms with E-state index >= 15 is 0 Å². The van der Waals surface area contributed by atoms with Crippen LogP contribution in [0.4, 0.5) is 5.13 Å². The Kier molecular flexibility index (Phi) is 6.53. The van der Waals surface area contributed by atoms with Crippen LogP contribution >= 0.6 is 11.3 Å². The fourth-order valence-corrected chi connectivity index (χ4v) is 4.18. The zero-order valence-electron chi connectivity index (χ0n) is 13.6. The van der Waals surface area contributed by atoms with Crippen LogP contribution in [0.3, 0.4) is 0 Å². The van der Waals surface area contributed by atoms with Crippen molar-refractivity contribution in [2.45, 2.75) is 57.3 Å². The molecule has 0 radical (unpaired) electrons. The number of benzene rings is 1. The third-order valence-electron chi connectivity index (χ3n) is 3.51. The average molecular weight is 354 g/mol. The predicted molar refractivity (Wildman–Crippen MR) is 94.4 cm³/mol. The van der Waals surface area contributed by atoms with Gasteiger partial charge in [-0.1, -0.05) is 61.6 Å². The first-order chi connectivity index (χ1) is 11.0. The summed E-state index contributed by atoms with van der Waals surface area (Å²) in [6, 6.07) is 6.73. The van der Waals surface area contributed by atoms with Gasteiger partial charge in [0.2, 0.25) is 5.13 Å². The summed E-state index contributed by atoms with van der Waals surface area (Å²) < 4.78 is 27.1. The summed E-state index contributed by atoms with van der Waals surface area (Å²) in [6.07, 6.45) is 6.83. The van der Waals surface area contributed by atoms with Crippen molar-refractivity contribution in [3.8, 4) is 0 Å². The molecule has 0 aliphatic rings. The Balaban J connectivity index is 1.91. The van der Waals surface area contributed by atoms with E-state index in [1.165, 1.54) is 37.0 Å². The van der Waals surface area contributed by atoms with Gasteiger partial charge in [0.15, 0.2) is 0 Å². The number of hydrogen-bond donors (Lipinski definition) is 1. The third kappa shape index (κ3) is 5.58. The molecule has 2 aromatic rings. The minimum atomic E-state index is -3.59. The lowest BCUT2D eigenvalue weighted by molar-refractivity contribution is 0.601. The van der Waals surface area contributed by atoms with Crippen LogP contribution in [0.2, 0.25) is 0 Å². The molecule has 5 nitrogen and oxygen atoms in total. The van der Waals surface area contributed by atoms with Crippen LogP contribution in [0.5, 0.6) is 0 Å². The number of sulfonamides is 1. The lowest BCUT2D eigenvalue weighted by Crippen LogP contribution is -2.12. The van der Waals surface area contributed by atoms with Crippen molar-refractivity contribution in [3.05, 3.63) is 34.8 Å². The van der Waals surface area contributed by atoms with E-state index in [1.54, 1.807) is 24.3 Å². The number of unbranched alkanes of at least 4 members (excludes halogenated alkanes) is 4. The van der Waals surface area contributed by atoms with E-state index in [1.807, 2.05) is 6.92 Å². The largest absolute Gasteiger partial charge is 0.263 e. The van der Waals surface area contributed by atoms with E-state index in [-0.39, 0.29) is 4.90 Å². The minimum Gasteiger partial charge on any atom is -0.253 e. The van der Waals surface area contributed by atoms with Crippen molar-refractivity contribution in [2.24, 2.45) is 0 Å². The zero-order valence-corrected chi connectivity index (χ0v) is 15.2. The summed E-state index contributed by atoms with van der Waals surface area (Å²) in [7, 11) is -3.59. The van der Waals surface area contributed by atoms with E-state index in [0.29, 0.717) is 5.13 Å². The molecule has 0 unspecified atom stereocenters. The highest BCUT2D eigenvalue weighted by Gasteiger charge is 2.16. The van der Waals surface area contributed by atoms with Gasteiger partial charge in [0.1, 0.15) is 5.01 Å². The fraction of sp³-hybridized carbons (Fsp3) is 0.500. The lowest BCUT2D eigenvalue weighted by atomic mass is 10.1. The van der Waals surface area contributed by atoms with Crippen LogP contribution in [0.1, 0.15) is 49.6 Å². The molecule has 7 heteroatoms. The predicted octanol–water partition coefficient (Wildman–Crippen LogP) is 4.16. The molecule has 0 amide bonds. The van der Waals surface area contributed by atoms with Gasteiger partial charge < -0.3 is 0 Å². The Bertz CT molecular complexity index is 709. The molecule has 0 spiro atoms. The number of nitrogens with zero attached hydrogens (tertiary/aromatic N) is 2. The average Bonchev–Trinajstić information content (AvgIpc) is 2.94. The third-order valence-corrected chi connectivity index (χ3v) is 5.90. The van der Waals surface area contributed by atoms with Gasteiger partial charge in [-0.3, -0.25) is 4.72 Å². The van der Waals surface area contributed by atoms with E-state index in [0.717, 1.165) is 23.4 Å². The smallest absolute Gasteiger partial charge is 0.253 e. The molecule has 0 saturated carbocycles. The molecular weight excluding hydrogens is 330 g/mol. The van der Waals surface area contributed by atoms with E-state index in [9.17, 15) is 8.42 Å². The Morgan fingerprint density at radius 3 is 2.43 bits per heavy atom. The van der Waals surface area contributed by atoms with Gasteiger partial charge >= 0.3 is 0 Å². The highest BCUT2D eigenvalue weighted by Crippen LogP contribution is 2.21. The molecule has 1 aromatic heterocycles. The molecule has 0 bridgehead atoms. The van der Waals surface area contributed by atoms with Crippen LogP contribution in [0, 0.1) is 6.92 Å². The maximum atomic E-state index is 12.3. The number of rotatable bonds is 9. The second kappa shape index (κ2) is 8.40. The maximum Gasteiger partial charge on any atom is 0.263 e. The SMILES string of the molecule is CCCCCCCc1nnc(NS(=O)(=O)c2ccc(C)cc2)s1. The first-order valence-electron chi connectivity index (χ1n) is 7.93. The lowest BCUT2D eigenvalue weighted by Gasteiger charge is -2.04. The van der Waals surface area contributed by atoms with Gasteiger partial charge in [0.25, 0.3) is 10.0 Å². The molecule has 0 fully saturated rings. The molecule has 1 aromatic carbocycles. The van der Waals surface area contributed by atoms with Crippen molar-refractivity contribution < 1.29 is 8.42 Å². The van der Waals surface area contributed by atoms with Gasteiger partial charge in [0.05, 0.1) is 4.90 Å². The Hall–Kier alpha value is -1.47. The van der Waals surface area contributed by atoms with Crippen molar-refractivity contribution in [2.75, 3.05) is 4.72 Å². The molecular formula is C16H23N3O2S2. The molecule has 0 aliphatic carbocycles.